The van der Waals surface area contributed by atoms with Crippen LogP contribution in [-0.4, -0.2) is 19.5 Å². The van der Waals surface area contributed by atoms with E-state index in [0.29, 0.717) is 24.7 Å². The Morgan fingerprint density at radius 1 is 1.15 bits per heavy atom. The van der Waals surface area contributed by atoms with Crippen molar-refractivity contribution in [2.24, 2.45) is 5.92 Å². The van der Waals surface area contributed by atoms with E-state index in [1.165, 1.54) is 0 Å². The molecule has 2 unspecified atom stereocenters. The lowest BCUT2D eigenvalue weighted by atomic mass is 9.89. The summed E-state index contributed by atoms with van der Waals surface area (Å²) >= 11 is 5.94. The van der Waals surface area contributed by atoms with E-state index < -0.39 is 0 Å². The molecule has 0 aliphatic carbocycles. The fourth-order valence-corrected chi connectivity index (χ4v) is 2.28. The molecule has 4 heteroatoms. The minimum Gasteiger partial charge on any atom is -0.352 e. The molecule has 0 spiro atoms. The summed E-state index contributed by atoms with van der Waals surface area (Å²) in [5, 5.41) is 9.76. The van der Waals surface area contributed by atoms with E-state index in [4.69, 9.17) is 26.3 Å². The molecule has 2 atom stereocenters. The van der Waals surface area contributed by atoms with Crippen LogP contribution in [0.1, 0.15) is 38.7 Å². The molecule has 0 heterocycles. The summed E-state index contributed by atoms with van der Waals surface area (Å²) < 4.78 is 11.4. The van der Waals surface area contributed by atoms with Crippen molar-refractivity contribution in [1.82, 2.24) is 0 Å². The van der Waals surface area contributed by atoms with Crippen molar-refractivity contribution in [3.8, 4) is 6.07 Å². The zero-order valence-corrected chi connectivity index (χ0v) is 13.1. The van der Waals surface area contributed by atoms with Crippen LogP contribution >= 0.6 is 11.6 Å². The van der Waals surface area contributed by atoms with Gasteiger partial charge < -0.3 is 9.47 Å². The van der Waals surface area contributed by atoms with Crippen molar-refractivity contribution >= 4 is 11.6 Å². The highest BCUT2D eigenvalue weighted by Gasteiger charge is 2.26. The molecule has 0 aliphatic rings. The first-order valence-corrected chi connectivity index (χ1v) is 7.38. The second-order valence-corrected chi connectivity index (χ2v) is 5.14. The maximum Gasteiger partial charge on any atom is 0.164 e. The smallest absolute Gasteiger partial charge is 0.164 e. The molecule has 0 radical (unpaired) electrons. The Labute approximate surface area is 126 Å². The largest absolute Gasteiger partial charge is 0.352 e. The lowest BCUT2D eigenvalue weighted by Gasteiger charge is -2.28. The zero-order chi connectivity index (χ0) is 15.0. The molecule has 1 rings (SSSR count). The third-order valence-electron chi connectivity index (χ3n) is 3.12. The minimum atomic E-state index is -0.332. The van der Waals surface area contributed by atoms with Crippen LogP contribution in [0, 0.1) is 17.2 Å². The van der Waals surface area contributed by atoms with Crippen LogP contribution in [0.3, 0.4) is 0 Å². The van der Waals surface area contributed by atoms with Crippen LogP contribution in [0.15, 0.2) is 24.3 Å². The van der Waals surface area contributed by atoms with Crippen LogP contribution in [0.4, 0.5) is 0 Å². The lowest BCUT2D eigenvalue weighted by Crippen LogP contribution is -2.27. The Kier molecular flexibility index (Phi) is 7.61. The monoisotopic (exact) mass is 295 g/mol. The van der Waals surface area contributed by atoms with Gasteiger partial charge in [-0.05, 0) is 44.9 Å². The molecule has 1 aromatic carbocycles. The topological polar surface area (TPSA) is 42.2 Å². The van der Waals surface area contributed by atoms with Crippen molar-refractivity contribution in [3.05, 3.63) is 34.9 Å². The van der Waals surface area contributed by atoms with Gasteiger partial charge in [0.05, 0.1) is 6.07 Å². The number of hydrogen-bond donors (Lipinski definition) is 0. The second kappa shape index (κ2) is 8.97. The Hall–Kier alpha value is -1.08. The van der Waals surface area contributed by atoms with Gasteiger partial charge in [-0.15, -0.1) is 0 Å². The highest BCUT2D eigenvalue weighted by Crippen LogP contribution is 2.30. The molecule has 0 amide bonds. The number of nitriles is 1. The summed E-state index contributed by atoms with van der Waals surface area (Å²) in [4.78, 5) is 0. The Bertz CT molecular complexity index is 421. The fraction of sp³-hybridized carbons (Fsp3) is 0.562. The number of hydrogen-bond acceptors (Lipinski definition) is 3. The van der Waals surface area contributed by atoms with Crippen LogP contribution in [0.5, 0.6) is 0 Å². The standard InChI is InChI=1S/C16H22ClNO2/c1-4-19-16(20-5-2)15(10-12(3)11-18)13-6-8-14(17)9-7-13/h6-9,12,15-16H,4-5,10H2,1-3H3. The van der Waals surface area contributed by atoms with Gasteiger partial charge in [-0.25, -0.2) is 0 Å². The second-order valence-electron chi connectivity index (χ2n) is 4.70. The fourth-order valence-electron chi connectivity index (χ4n) is 2.16. The molecule has 0 bridgehead atoms. The van der Waals surface area contributed by atoms with E-state index in [1.807, 2.05) is 45.0 Å². The number of nitrogens with zero attached hydrogens (tertiary/aromatic N) is 1. The summed E-state index contributed by atoms with van der Waals surface area (Å²) in [7, 11) is 0. The molecule has 0 saturated carbocycles. The highest BCUT2D eigenvalue weighted by atomic mass is 35.5. The van der Waals surface area contributed by atoms with E-state index >= 15 is 0 Å². The van der Waals surface area contributed by atoms with Crippen molar-refractivity contribution in [2.75, 3.05) is 13.2 Å². The Morgan fingerprint density at radius 3 is 2.15 bits per heavy atom. The van der Waals surface area contributed by atoms with Gasteiger partial charge in [0.15, 0.2) is 6.29 Å². The molecule has 20 heavy (non-hydrogen) atoms. The van der Waals surface area contributed by atoms with Crippen LogP contribution in [-0.2, 0) is 9.47 Å². The molecule has 0 aromatic heterocycles. The average molecular weight is 296 g/mol. The molecule has 0 saturated heterocycles. The maximum absolute atomic E-state index is 9.06. The number of halogens is 1. The van der Waals surface area contributed by atoms with Gasteiger partial charge in [0.1, 0.15) is 0 Å². The van der Waals surface area contributed by atoms with E-state index in [1.54, 1.807) is 0 Å². The molecule has 110 valence electrons. The van der Waals surface area contributed by atoms with Crippen molar-refractivity contribution in [2.45, 2.75) is 39.4 Å². The molecule has 3 nitrogen and oxygen atoms in total. The summed E-state index contributed by atoms with van der Waals surface area (Å²) in [6.45, 7) is 6.96. The third-order valence-corrected chi connectivity index (χ3v) is 3.37. The van der Waals surface area contributed by atoms with E-state index in [9.17, 15) is 0 Å². The van der Waals surface area contributed by atoms with Crippen LogP contribution < -0.4 is 0 Å². The number of ether oxygens (including phenoxy) is 2. The Balaban J connectivity index is 2.98. The molecule has 0 aliphatic heterocycles. The van der Waals surface area contributed by atoms with E-state index in [-0.39, 0.29) is 18.1 Å². The summed E-state index contributed by atoms with van der Waals surface area (Å²) in [5.74, 6) is -0.0269. The first-order valence-electron chi connectivity index (χ1n) is 7.00. The highest BCUT2D eigenvalue weighted by molar-refractivity contribution is 6.30. The van der Waals surface area contributed by atoms with Gasteiger partial charge in [-0.3, -0.25) is 0 Å². The first kappa shape index (κ1) is 17.0. The molecular weight excluding hydrogens is 274 g/mol. The predicted octanol–water partition coefficient (Wildman–Crippen LogP) is 4.37. The van der Waals surface area contributed by atoms with Gasteiger partial charge in [0.2, 0.25) is 0 Å². The average Bonchev–Trinajstić information content (AvgIpc) is 2.45. The Morgan fingerprint density at radius 2 is 1.70 bits per heavy atom. The van der Waals surface area contributed by atoms with E-state index in [2.05, 4.69) is 6.07 Å². The van der Waals surface area contributed by atoms with Crippen LogP contribution in [0.25, 0.3) is 0 Å². The summed E-state index contributed by atoms with van der Waals surface area (Å²) in [6.07, 6.45) is 0.366. The quantitative estimate of drug-likeness (QED) is 0.669. The van der Waals surface area contributed by atoms with Gasteiger partial charge in [0, 0.05) is 30.1 Å². The van der Waals surface area contributed by atoms with Crippen molar-refractivity contribution < 1.29 is 9.47 Å². The van der Waals surface area contributed by atoms with Gasteiger partial charge in [-0.2, -0.15) is 5.26 Å². The van der Waals surface area contributed by atoms with Crippen LogP contribution in [0.2, 0.25) is 5.02 Å². The summed E-state index contributed by atoms with van der Waals surface area (Å²) in [5.41, 5.74) is 1.09. The molecule has 0 N–H and O–H groups in total. The van der Waals surface area contributed by atoms with Gasteiger partial charge in [0.25, 0.3) is 0 Å². The number of benzene rings is 1. The van der Waals surface area contributed by atoms with Gasteiger partial charge in [-0.1, -0.05) is 23.7 Å². The SMILES string of the molecule is CCOC(OCC)C(CC(C)C#N)c1ccc(Cl)cc1. The lowest BCUT2D eigenvalue weighted by molar-refractivity contribution is -0.152. The first-order chi connectivity index (χ1) is 9.62. The number of rotatable bonds is 8. The molecule has 1 aromatic rings. The molecular formula is C16H22ClNO2. The minimum absolute atomic E-state index is 0.0295. The normalized spacial score (nSPS) is 14.0. The summed E-state index contributed by atoms with van der Waals surface area (Å²) in [6, 6.07) is 9.94. The predicted molar refractivity (Wildman–Crippen MR) is 80.6 cm³/mol. The van der Waals surface area contributed by atoms with Crippen molar-refractivity contribution in [1.29, 1.82) is 5.26 Å². The zero-order valence-electron chi connectivity index (χ0n) is 12.3. The van der Waals surface area contributed by atoms with Crippen molar-refractivity contribution in [3.63, 3.8) is 0 Å². The maximum atomic E-state index is 9.06. The third kappa shape index (κ3) is 5.13. The van der Waals surface area contributed by atoms with Gasteiger partial charge >= 0.3 is 0 Å². The molecule has 0 fully saturated rings. The van der Waals surface area contributed by atoms with E-state index in [0.717, 1.165) is 5.56 Å².